The minimum absolute atomic E-state index is 0.0224. The summed E-state index contributed by atoms with van der Waals surface area (Å²) in [5.74, 6) is -0.891. The molecule has 7 atom stereocenters. The van der Waals surface area contributed by atoms with Gasteiger partial charge in [0.2, 0.25) is 0 Å². The first-order valence-corrected chi connectivity index (χ1v) is 22.4. The molecule has 7 rings (SSSR count). The van der Waals surface area contributed by atoms with E-state index in [1.54, 1.807) is 0 Å². The fraction of sp³-hybridized carbons (Fsp3) is 0.370. The summed E-state index contributed by atoms with van der Waals surface area (Å²) >= 11 is 0. The molecule has 0 amide bonds. The molecule has 5 aromatic rings. The lowest BCUT2D eigenvalue weighted by Crippen LogP contribution is -2.48. The topological polar surface area (TPSA) is 108 Å². The summed E-state index contributed by atoms with van der Waals surface area (Å²) in [6.45, 7) is 2.50. The second-order valence-electron chi connectivity index (χ2n) is 16.4. The highest BCUT2D eigenvalue weighted by molar-refractivity contribution is 5.81. The minimum atomic E-state index is -1.89. The van der Waals surface area contributed by atoms with Crippen molar-refractivity contribution in [2.24, 2.45) is 0 Å². The van der Waals surface area contributed by atoms with Gasteiger partial charge in [-0.25, -0.2) is 4.39 Å². The Kier molecular flexibility index (Phi) is 18.6. The number of hydrogen-bond donors (Lipinski definition) is 0. The van der Waals surface area contributed by atoms with E-state index in [1.807, 2.05) is 121 Å². The molecule has 0 bridgehead atoms. The maximum absolute atomic E-state index is 16.6. The fourth-order valence-corrected chi connectivity index (χ4v) is 7.76. The van der Waals surface area contributed by atoms with Gasteiger partial charge < -0.3 is 42.7 Å². The van der Waals surface area contributed by atoms with Crippen LogP contribution in [0.3, 0.4) is 0 Å². The lowest BCUT2D eigenvalue weighted by molar-refractivity contribution is -0.214. The van der Waals surface area contributed by atoms with Gasteiger partial charge in [-0.2, -0.15) is 0 Å². The van der Waals surface area contributed by atoms with Gasteiger partial charge in [0.25, 0.3) is 0 Å². The van der Waals surface area contributed by atoms with Crippen molar-refractivity contribution in [3.63, 3.8) is 0 Å². The number of halogens is 1. The van der Waals surface area contributed by atoms with E-state index < -0.39 is 49.0 Å². The number of rotatable bonds is 26. The van der Waals surface area contributed by atoms with Crippen molar-refractivity contribution >= 4 is 17.8 Å². The van der Waals surface area contributed by atoms with Gasteiger partial charge in [-0.3, -0.25) is 4.79 Å². The third kappa shape index (κ3) is 15.1. The zero-order valence-corrected chi connectivity index (χ0v) is 36.9. The van der Waals surface area contributed by atoms with Crippen molar-refractivity contribution < 1.29 is 51.9 Å². The lowest BCUT2D eigenvalue weighted by atomic mass is 9.96. The van der Waals surface area contributed by atoms with Gasteiger partial charge in [-0.05, 0) is 58.7 Å². The Hall–Kier alpha value is -5.37. The Labute approximate surface area is 381 Å². The Bertz CT molecular complexity index is 2210. The summed E-state index contributed by atoms with van der Waals surface area (Å²) < 4.78 is 67.5. The van der Waals surface area contributed by atoms with Crippen molar-refractivity contribution in [1.29, 1.82) is 0 Å². The predicted molar refractivity (Wildman–Crippen MR) is 244 cm³/mol. The van der Waals surface area contributed by atoms with Crippen molar-refractivity contribution in [2.45, 2.75) is 109 Å². The molecule has 1 heterocycles. The molecule has 1 aliphatic carbocycles. The summed E-state index contributed by atoms with van der Waals surface area (Å²) in [7, 11) is 0. The number of ketones is 1. The summed E-state index contributed by atoms with van der Waals surface area (Å²) in [5.41, 5.74) is 7.29. The Morgan fingerprint density at radius 1 is 0.646 bits per heavy atom. The van der Waals surface area contributed by atoms with Crippen LogP contribution in [-0.4, -0.2) is 74.6 Å². The molecule has 0 aromatic heterocycles. The van der Waals surface area contributed by atoms with Crippen LogP contribution in [0, 0.1) is 0 Å². The van der Waals surface area contributed by atoms with Gasteiger partial charge in [-0.15, -0.1) is 0 Å². The number of hydrogen-bond acceptors (Lipinski definition) is 10. The second kappa shape index (κ2) is 25.4. The highest BCUT2D eigenvalue weighted by Crippen LogP contribution is 2.30. The van der Waals surface area contributed by atoms with E-state index in [9.17, 15) is 9.59 Å². The highest BCUT2D eigenvalue weighted by Gasteiger charge is 2.49. The van der Waals surface area contributed by atoms with E-state index >= 15 is 4.39 Å². The van der Waals surface area contributed by atoms with Crippen LogP contribution < -0.4 is 0 Å². The summed E-state index contributed by atoms with van der Waals surface area (Å²) in [5, 5.41) is 0. The maximum Gasteiger partial charge on any atom is 0.306 e. The molecular weight excluding hydrogens is 828 g/mol. The molecule has 0 radical (unpaired) electrons. The predicted octanol–water partition coefficient (Wildman–Crippen LogP) is 9.50. The average molecular weight is 887 g/mol. The van der Waals surface area contributed by atoms with Crippen LogP contribution in [0.5, 0.6) is 0 Å². The molecule has 0 N–H and O–H groups in total. The molecule has 11 heteroatoms. The van der Waals surface area contributed by atoms with Gasteiger partial charge >= 0.3 is 5.97 Å². The van der Waals surface area contributed by atoms with E-state index in [-0.39, 0.29) is 64.9 Å². The molecule has 5 aromatic carbocycles. The number of esters is 1. The van der Waals surface area contributed by atoms with Crippen LogP contribution in [-0.2, 0) is 86.9 Å². The number of aryl methyl sites for hydroxylation is 1. The number of carbonyl (C=O) groups excluding carboxylic acids is 2. The first kappa shape index (κ1) is 47.6. The van der Waals surface area contributed by atoms with Crippen LogP contribution in [0.15, 0.2) is 146 Å². The molecule has 10 nitrogen and oxygen atoms in total. The lowest BCUT2D eigenvalue weighted by Gasteiger charge is -2.34. The third-order valence-corrected chi connectivity index (χ3v) is 11.3. The van der Waals surface area contributed by atoms with Crippen LogP contribution >= 0.6 is 0 Å². The van der Waals surface area contributed by atoms with Crippen LogP contribution in [0.25, 0.3) is 6.08 Å². The van der Waals surface area contributed by atoms with E-state index in [1.165, 1.54) is 18.1 Å². The molecule has 1 fully saturated rings. The van der Waals surface area contributed by atoms with Crippen molar-refractivity contribution in [3.05, 3.63) is 185 Å². The number of alkyl halides is 1. The first-order chi connectivity index (χ1) is 31.9. The van der Waals surface area contributed by atoms with E-state index in [0.717, 1.165) is 40.7 Å². The fourth-order valence-electron chi connectivity index (χ4n) is 7.76. The number of ether oxygens (including phenoxy) is 8. The molecule has 0 saturated carbocycles. The van der Waals surface area contributed by atoms with Crippen LogP contribution in [0.1, 0.15) is 65.1 Å². The number of benzene rings is 5. The van der Waals surface area contributed by atoms with Crippen LogP contribution in [0.2, 0.25) is 0 Å². The monoisotopic (exact) mass is 886 g/mol. The quantitative estimate of drug-likeness (QED) is 0.0499. The molecule has 342 valence electrons. The second-order valence-corrected chi connectivity index (χ2v) is 16.4. The summed E-state index contributed by atoms with van der Waals surface area (Å²) in [4.78, 5) is 24.6. The Morgan fingerprint density at radius 3 is 1.80 bits per heavy atom. The van der Waals surface area contributed by atoms with Crippen molar-refractivity contribution in [2.75, 3.05) is 19.8 Å². The summed E-state index contributed by atoms with van der Waals surface area (Å²) in [6, 6.07) is 45.3. The van der Waals surface area contributed by atoms with Crippen LogP contribution in [0.4, 0.5) is 4.39 Å². The van der Waals surface area contributed by atoms with Gasteiger partial charge in [0.1, 0.15) is 30.2 Å². The van der Waals surface area contributed by atoms with Gasteiger partial charge in [0.15, 0.2) is 18.6 Å². The number of carbonyl (C=O) groups is 2. The third-order valence-electron chi connectivity index (χ3n) is 11.3. The van der Waals surface area contributed by atoms with E-state index in [2.05, 4.69) is 30.4 Å². The van der Waals surface area contributed by atoms with Gasteiger partial charge in [0, 0.05) is 6.42 Å². The minimum Gasteiger partial charge on any atom is -0.456 e. The smallest absolute Gasteiger partial charge is 0.306 e. The number of allylic oxidation sites excluding steroid dienone is 1. The van der Waals surface area contributed by atoms with Crippen molar-refractivity contribution in [3.8, 4) is 0 Å². The molecule has 1 saturated heterocycles. The average Bonchev–Trinajstić information content (AvgIpc) is 3.63. The number of Topliss-reactive ketones (excluding diaryl/α,β-unsaturated/α-hetero) is 1. The highest BCUT2D eigenvalue weighted by atomic mass is 19.1. The van der Waals surface area contributed by atoms with E-state index in [0.29, 0.717) is 6.61 Å². The first-order valence-electron chi connectivity index (χ1n) is 22.4. The zero-order chi connectivity index (χ0) is 45.1. The molecule has 0 spiro atoms. The maximum atomic E-state index is 16.6. The van der Waals surface area contributed by atoms with Crippen molar-refractivity contribution in [1.82, 2.24) is 0 Å². The zero-order valence-electron chi connectivity index (χ0n) is 36.9. The molecular formula is C54H59FO10. The summed E-state index contributed by atoms with van der Waals surface area (Å²) in [6.07, 6.45) is -1.90. The van der Waals surface area contributed by atoms with E-state index in [4.69, 9.17) is 37.9 Å². The molecule has 1 aliphatic heterocycles. The Morgan fingerprint density at radius 2 is 1.20 bits per heavy atom. The molecule has 65 heavy (non-hydrogen) atoms. The molecule has 7 unspecified atom stereocenters. The molecule has 2 aliphatic rings. The largest absolute Gasteiger partial charge is 0.456 e. The van der Waals surface area contributed by atoms with Gasteiger partial charge in [-0.1, -0.05) is 152 Å². The Balaban J connectivity index is 1.13. The number of fused-ring (bicyclic) bond motifs is 1. The normalized spacial score (nSPS) is 19.3. The SMILES string of the molecule is CC(=O)CCC(=O)OC1C(COCc2ccccc2)OC(OCC(OCc2ccccc2)C(OCc2ccccc2)C(COCc2ccc3c(c2)CCC=C3)OCc2ccccc2)C1F. The standard InChI is InChI=1S/C54H59FO10/c1-39(56)26-29-50(57)65-53-49(37-58-31-40-16-6-2-7-17-40)64-54(51(53)55)63-38-48(61-34-42-20-10-4-11-21-42)52(62-35-43-22-12-5-13-23-43)47(60-33-41-18-8-3-9-19-41)36-59-32-44-27-28-45-24-14-15-25-46(45)30-44/h2-14,16-24,27-28,30,47-49,51-54H,15,25-26,29,31-38H2,1H3. The van der Waals surface area contributed by atoms with Gasteiger partial charge in [0.05, 0.1) is 59.3 Å².